The van der Waals surface area contributed by atoms with Crippen molar-refractivity contribution in [1.29, 1.82) is 0 Å². The number of halogens is 2. The van der Waals surface area contributed by atoms with Crippen molar-refractivity contribution in [3.63, 3.8) is 0 Å². The molecule has 0 saturated carbocycles. The number of aryl methyl sites for hydroxylation is 1. The van der Waals surface area contributed by atoms with Crippen molar-refractivity contribution in [2.45, 2.75) is 18.9 Å². The molecule has 3 rings (SSSR count). The zero-order chi connectivity index (χ0) is 14.1. The number of aliphatic hydroxyl groups excluding tert-OH is 1. The Kier molecular flexibility index (Phi) is 4.01. The number of rotatable bonds is 2. The lowest BCUT2D eigenvalue weighted by molar-refractivity contribution is 0.218. The van der Waals surface area contributed by atoms with Crippen LogP contribution in [-0.4, -0.2) is 11.7 Å². The van der Waals surface area contributed by atoms with Crippen LogP contribution >= 0.6 is 27.5 Å². The predicted octanol–water partition coefficient (Wildman–Crippen LogP) is 4.51. The Morgan fingerprint density at radius 2 is 2.05 bits per heavy atom. The van der Waals surface area contributed by atoms with Crippen molar-refractivity contribution in [2.24, 2.45) is 0 Å². The third-order valence-corrected chi connectivity index (χ3v) is 4.46. The molecule has 2 aromatic carbocycles. The van der Waals surface area contributed by atoms with E-state index in [0.29, 0.717) is 5.02 Å². The third-order valence-electron chi connectivity index (χ3n) is 3.50. The number of fused-ring (bicyclic) bond motifs is 1. The van der Waals surface area contributed by atoms with Crippen molar-refractivity contribution in [3.05, 3.63) is 62.6 Å². The topological polar surface area (TPSA) is 29.5 Å². The van der Waals surface area contributed by atoms with E-state index in [2.05, 4.69) is 15.9 Å². The molecule has 0 aromatic heterocycles. The molecular weight excluding hydrogens is 340 g/mol. The van der Waals surface area contributed by atoms with Crippen LogP contribution in [0.2, 0.25) is 5.02 Å². The summed E-state index contributed by atoms with van der Waals surface area (Å²) in [5.41, 5.74) is 2.79. The van der Waals surface area contributed by atoms with Gasteiger partial charge in [0.2, 0.25) is 0 Å². The molecule has 0 spiro atoms. The second-order valence-electron chi connectivity index (χ2n) is 4.89. The zero-order valence-electron chi connectivity index (χ0n) is 10.8. The first kappa shape index (κ1) is 13.9. The van der Waals surface area contributed by atoms with E-state index in [0.717, 1.165) is 46.4 Å². The molecule has 4 heteroatoms. The Labute approximate surface area is 131 Å². The summed E-state index contributed by atoms with van der Waals surface area (Å²) >= 11 is 9.47. The fraction of sp³-hybridized carbons (Fsp3) is 0.250. The van der Waals surface area contributed by atoms with E-state index >= 15 is 0 Å². The first-order chi connectivity index (χ1) is 9.65. The summed E-state index contributed by atoms with van der Waals surface area (Å²) in [5, 5.41) is 11.2. The molecule has 1 unspecified atom stereocenters. The molecule has 1 aliphatic rings. The average molecular weight is 354 g/mol. The molecule has 0 bridgehead atoms. The summed E-state index contributed by atoms with van der Waals surface area (Å²) in [6.07, 6.45) is 1.32. The Morgan fingerprint density at radius 1 is 1.20 bits per heavy atom. The van der Waals surface area contributed by atoms with Crippen LogP contribution in [0, 0.1) is 0 Å². The molecule has 1 atom stereocenters. The smallest absolute Gasteiger partial charge is 0.122 e. The van der Waals surface area contributed by atoms with E-state index in [4.69, 9.17) is 16.3 Å². The van der Waals surface area contributed by atoms with Gasteiger partial charge in [0.15, 0.2) is 0 Å². The van der Waals surface area contributed by atoms with Gasteiger partial charge in [0.1, 0.15) is 11.9 Å². The molecule has 2 aromatic rings. The van der Waals surface area contributed by atoms with Crippen molar-refractivity contribution in [1.82, 2.24) is 0 Å². The van der Waals surface area contributed by atoms with E-state index in [1.165, 1.54) is 0 Å². The minimum Gasteiger partial charge on any atom is -0.493 e. The Balaban J connectivity index is 1.97. The van der Waals surface area contributed by atoms with Crippen LogP contribution in [0.15, 0.2) is 40.9 Å². The SMILES string of the molecule is OC(c1ccc2c(c1)CCCO2)c1cc(Cl)ccc1Br. The second kappa shape index (κ2) is 5.76. The summed E-state index contributed by atoms with van der Waals surface area (Å²) in [6, 6.07) is 11.3. The molecule has 0 amide bonds. The average Bonchev–Trinajstić information content (AvgIpc) is 2.48. The fourth-order valence-corrected chi connectivity index (χ4v) is 3.10. The summed E-state index contributed by atoms with van der Waals surface area (Å²) < 4.78 is 6.45. The molecule has 0 fully saturated rings. The van der Waals surface area contributed by atoms with Crippen LogP contribution in [0.1, 0.15) is 29.2 Å². The number of benzene rings is 2. The van der Waals surface area contributed by atoms with Crippen LogP contribution in [-0.2, 0) is 6.42 Å². The van der Waals surface area contributed by atoms with Gasteiger partial charge in [-0.15, -0.1) is 0 Å². The lowest BCUT2D eigenvalue weighted by atomic mass is 9.97. The summed E-state index contributed by atoms with van der Waals surface area (Å²) in [4.78, 5) is 0. The van der Waals surface area contributed by atoms with E-state index in [1.807, 2.05) is 24.3 Å². The fourth-order valence-electron chi connectivity index (χ4n) is 2.45. The van der Waals surface area contributed by atoms with Gasteiger partial charge in [0.05, 0.1) is 6.61 Å². The Bertz CT molecular complexity index is 642. The maximum Gasteiger partial charge on any atom is 0.122 e. The normalized spacial score (nSPS) is 15.3. The first-order valence-corrected chi connectivity index (χ1v) is 7.71. The van der Waals surface area contributed by atoms with Gasteiger partial charge < -0.3 is 9.84 Å². The van der Waals surface area contributed by atoms with E-state index in [9.17, 15) is 5.11 Å². The predicted molar refractivity (Wildman–Crippen MR) is 83.5 cm³/mol. The zero-order valence-corrected chi connectivity index (χ0v) is 13.1. The Hall–Kier alpha value is -1.03. The molecule has 1 aliphatic heterocycles. The lowest BCUT2D eigenvalue weighted by Crippen LogP contribution is -2.09. The maximum absolute atomic E-state index is 10.6. The molecule has 2 nitrogen and oxygen atoms in total. The molecule has 0 radical (unpaired) electrons. The minimum atomic E-state index is -0.699. The lowest BCUT2D eigenvalue weighted by Gasteiger charge is -2.20. The van der Waals surface area contributed by atoms with Crippen molar-refractivity contribution >= 4 is 27.5 Å². The van der Waals surface area contributed by atoms with E-state index < -0.39 is 6.10 Å². The van der Waals surface area contributed by atoms with E-state index in [-0.39, 0.29) is 0 Å². The highest BCUT2D eigenvalue weighted by molar-refractivity contribution is 9.10. The van der Waals surface area contributed by atoms with Gasteiger partial charge in [0, 0.05) is 15.1 Å². The van der Waals surface area contributed by atoms with Crippen molar-refractivity contribution in [2.75, 3.05) is 6.61 Å². The quantitative estimate of drug-likeness (QED) is 0.861. The number of aliphatic hydroxyl groups is 1. The maximum atomic E-state index is 10.6. The minimum absolute atomic E-state index is 0.614. The number of hydrogen-bond acceptors (Lipinski definition) is 2. The molecule has 1 heterocycles. The van der Waals surface area contributed by atoms with Gasteiger partial charge in [-0.25, -0.2) is 0 Å². The van der Waals surface area contributed by atoms with E-state index in [1.54, 1.807) is 12.1 Å². The summed E-state index contributed by atoms with van der Waals surface area (Å²) in [5.74, 6) is 0.928. The van der Waals surface area contributed by atoms with Gasteiger partial charge in [0.25, 0.3) is 0 Å². The third kappa shape index (κ3) is 2.71. The largest absolute Gasteiger partial charge is 0.493 e. The monoisotopic (exact) mass is 352 g/mol. The standard InChI is InChI=1S/C16H14BrClO2/c17-14-5-4-12(18)9-13(14)16(19)11-3-6-15-10(8-11)2-1-7-20-15/h3-6,8-9,16,19H,1-2,7H2. The second-order valence-corrected chi connectivity index (χ2v) is 6.18. The molecule has 0 aliphatic carbocycles. The highest BCUT2D eigenvalue weighted by atomic mass is 79.9. The van der Waals surface area contributed by atoms with Crippen molar-refractivity contribution < 1.29 is 9.84 Å². The van der Waals surface area contributed by atoms with Crippen LogP contribution < -0.4 is 4.74 Å². The van der Waals surface area contributed by atoms with Crippen LogP contribution in [0.25, 0.3) is 0 Å². The molecule has 0 saturated heterocycles. The van der Waals surface area contributed by atoms with Crippen molar-refractivity contribution in [3.8, 4) is 5.75 Å². The number of hydrogen-bond donors (Lipinski definition) is 1. The highest BCUT2D eigenvalue weighted by Crippen LogP contribution is 2.34. The summed E-state index contributed by atoms with van der Waals surface area (Å²) in [7, 11) is 0. The molecule has 104 valence electrons. The summed E-state index contributed by atoms with van der Waals surface area (Å²) in [6.45, 7) is 0.773. The molecule has 20 heavy (non-hydrogen) atoms. The van der Waals surface area contributed by atoms with Gasteiger partial charge in [-0.2, -0.15) is 0 Å². The first-order valence-electron chi connectivity index (χ1n) is 6.54. The van der Waals surface area contributed by atoms with Gasteiger partial charge >= 0.3 is 0 Å². The van der Waals surface area contributed by atoms with Gasteiger partial charge in [-0.05, 0) is 54.3 Å². The van der Waals surface area contributed by atoms with Crippen LogP contribution in [0.4, 0.5) is 0 Å². The highest BCUT2D eigenvalue weighted by Gasteiger charge is 2.17. The molecule has 1 N–H and O–H groups in total. The Morgan fingerprint density at radius 3 is 2.90 bits per heavy atom. The van der Waals surface area contributed by atoms with Gasteiger partial charge in [-0.1, -0.05) is 33.6 Å². The van der Waals surface area contributed by atoms with Crippen LogP contribution in [0.3, 0.4) is 0 Å². The number of ether oxygens (including phenoxy) is 1. The van der Waals surface area contributed by atoms with Crippen LogP contribution in [0.5, 0.6) is 5.75 Å². The molecular formula is C16H14BrClO2. The van der Waals surface area contributed by atoms with Gasteiger partial charge in [-0.3, -0.25) is 0 Å².